The van der Waals surface area contributed by atoms with Gasteiger partial charge in [-0.1, -0.05) is 17.7 Å². The second-order valence-corrected chi connectivity index (χ2v) is 5.26. The molecule has 24 heavy (non-hydrogen) atoms. The number of carbonyl (C=O) groups is 2. The number of hydrogen-bond donors (Lipinski definition) is 2. The zero-order chi connectivity index (χ0) is 17.5. The van der Waals surface area contributed by atoms with E-state index in [2.05, 4.69) is 10.6 Å². The third-order valence-electron chi connectivity index (χ3n) is 3.11. The number of hydrogen-bond acceptors (Lipinski definition) is 4. The van der Waals surface area contributed by atoms with E-state index in [0.717, 1.165) is 0 Å². The quantitative estimate of drug-likeness (QED) is 0.785. The predicted molar refractivity (Wildman–Crippen MR) is 92.9 cm³/mol. The van der Waals surface area contributed by atoms with E-state index >= 15 is 0 Å². The van der Waals surface area contributed by atoms with Gasteiger partial charge in [0.05, 0.1) is 19.2 Å². The van der Waals surface area contributed by atoms with E-state index < -0.39 is 11.8 Å². The Kier molecular flexibility index (Phi) is 6.03. The first-order chi connectivity index (χ1) is 11.5. The van der Waals surface area contributed by atoms with Gasteiger partial charge in [0, 0.05) is 17.4 Å². The molecule has 6 nitrogen and oxygen atoms in total. The highest BCUT2D eigenvalue weighted by Crippen LogP contribution is 2.27. The van der Waals surface area contributed by atoms with Crippen molar-refractivity contribution in [2.24, 2.45) is 0 Å². The van der Waals surface area contributed by atoms with E-state index in [4.69, 9.17) is 21.1 Å². The summed E-state index contributed by atoms with van der Waals surface area (Å²) in [7, 11) is 3.04. The minimum absolute atomic E-state index is 0.319. The lowest BCUT2D eigenvalue weighted by molar-refractivity contribution is -0.123. The molecular weight excluding hydrogens is 332 g/mol. The summed E-state index contributed by atoms with van der Waals surface area (Å²) in [6.45, 7) is 0. The summed E-state index contributed by atoms with van der Waals surface area (Å²) < 4.78 is 10.1. The maximum absolute atomic E-state index is 11.9. The third-order valence-corrected chi connectivity index (χ3v) is 3.41. The molecule has 0 unspecified atom stereocenters. The standard InChI is InChI=1S/C17H17ClN2O4/c1-23-13-5-3-4-11(8-13)19-16(21)10-17(22)20-12-6-7-15(24-2)14(18)9-12/h3-9H,10H2,1-2H3,(H,19,21)(H,20,22). The number of rotatable bonds is 6. The van der Waals surface area contributed by atoms with Gasteiger partial charge in [-0.3, -0.25) is 9.59 Å². The summed E-state index contributed by atoms with van der Waals surface area (Å²) >= 11 is 5.99. The summed E-state index contributed by atoms with van der Waals surface area (Å²) in [6, 6.07) is 11.7. The number of amides is 2. The average molecular weight is 349 g/mol. The number of benzene rings is 2. The molecule has 0 atom stereocenters. The van der Waals surface area contributed by atoms with E-state index in [9.17, 15) is 9.59 Å². The minimum atomic E-state index is -0.448. The topological polar surface area (TPSA) is 76.7 Å². The maximum Gasteiger partial charge on any atom is 0.233 e. The van der Waals surface area contributed by atoms with Crippen molar-refractivity contribution in [2.75, 3.05) is 24.9 Å². The number of carbonyl (C=O) groups excluding carboxylic acids is 2. The molecule has 7 heteroatoms. The van der Waals surface area contributed by atoms with Crippen LogP contribution in [0.25, 0.3) is 0 Å². The molecule has 0 aliphatic rings. The van der Waals surface area contributed by atoms with E-state index in [1.165, 1.54) is 14.2 Å². The maximum atomic E-state index is 11.9. The van der Waals surface area contributed by atoms with Gasteiger partial charge in [-0.25, -0.2) is 0 Å². The number of nitrogens with one attached hydrogen (secondary N) is 2. The highest BCUT2D eigenvalue weighted by molar-refractivity contribution is 6.32. The monoisotopic (exact) mass is 348 g/mol. The third kappa shape index (κ3) is 4.89. The second-order valence-electron chi connectivity index (χ2n) is 4.85. The molecule has 2 N–H and O–H groups in total. The van der Waals surface area contributed by atoms with Crippen molar-refractivity contribution in [1.29, 1.82) is 0 Å². The fourth-order valence-corrected chi connectivity index (χ4v) is 2.26. The Morgan fingerprint density at radius 2 is 1.62 bits per heavy atom. The summed E-state index contributed by atoms with van der Waals surface area (Å²) in [5, 5.41) is 5.62. The summed E-state index contributed by atoms with van der Waals surface area (Å²) in [6.07, 6.45) is -0.319. The normalized spacial score (nSPS) is 9.96. The summed E-state index contributed by atoms with van der Waals surface area (Å²) in [5.74, 6) is 0.243. The van der Waals surface area contributed by atoms with Crippen molar-refractivity contribution in [3.63, 3.8) is 0 Å². The molecule has 0 saturated heterocycles. The smallest absolute Gasteiger partial charge is 0.233 e. The van der Waals surface area contributed by atoms with E-state index in [-0.39, 0.29) is 6.42 Å². The largest absolute Gasteiger partial charge is 0.497 e. The van der Waals surface area contributed by atoms with Crippen LogP contribution < -0.4 is 20.1 Å². The first-order valence-corrected chi connectivity index (χ1v) is 7.47. The molecule has 2 rings (SSSR count). The number of anilines is 2. The van der Waals surface area contributed by atoms with Crippen LogP contribution in [0.5, 0.6) is 11.5 Å². The van der Waals surface area contributed by atoms with Crippen LogP contribution in [-0.2, 0) is 9.59 Å². The van der Waals surface area contributed by atoms with Crippen LogP contribution >= 0.6 is 11.6 Å². The van der Waals surface area contributed by atoms with Gasteiger partial charge in [-0.15, -0.1) is 0 Å². The van der Waals surface area contributed by atoms with Gasteiger partial charge in [0.1, 0.15) is 17.9 Å². The highest BCUT2D eigenvalue weighted by atomic mass is 35.5. The van der Waals surface area contributed by atoms with E-state index in [0.29, 0.717) is 27.9 Å². The lowest BCUT2D eigenvalue weighted by atomic mass is 10.2. The molecule has 0 aliphatic carbocycles. The molecule has 2 aromatic rings. The second kappa shape index (κ2) is 8.21. The fourth-order valence-electron chi connectivity index (χ4n) is 2.00. The molecule has 0 heterocycles. The fraction of sp³-hybridized carbons (Fsp3) is 0.176. The van der Waals surface area contributed by atoms with Crippen LogP contribution in [-0.4, -0.2) is 26.0 Å². The van der Waals surface area contributed by atoms with Gasteiger partial charge in [0.25, 0.3) is 0 Å². The summed E-state index contributed by atoms with van der Waals surface area (Å²) in [4.78, 5) is 23.9. The van der Waals surface area contributed by atoms with Gasteiger partial charge in [0.2, 0.25) is 11.8 Å². The number of ether oxygens (including phenoxy) is 2. The van der Waals surface area contributed by atoms with Crippen molar-refractivity contribution >= 4 is 34.8 Å². The van der Waals surface area contributed by atoms with Gasteiger partial charge in [-0.05, 0) is 30.3 Å². The SMILES string of the molecule is COc1cccc(NC(=O)CC(=O)Nc2ccc(OC)c(Cl)c2)c1. The van der Waals surface area contributed by atoms with Crippen molar-refractivity contribution in [1.82, 2.24) is 0 Å². The van der Waals surface area contributed by atoms with Gasteiger partial charge >= 0.3 is 0 Å². The molecule has 0 bridgehead atoms. The zero-order valence-electron chi connectivity index (χ0n) is 13.3. The Hall–Kier alpha value is -2.73. The van der Waals surface area contributed by atoms with Crippen LogP contribution in [0.3, 0.4) is 0 Å². The van der Waals surface area contributed by atoms with Crippen LogP contribution in [0.4, 0.5) is 11.4 Å². The molecular formula is C17H17ClN2O4. The molecule has 126 valence electrons. The van der Waals surface area contributed by atoms with Gasteiger partial charge in [-0.2, -0.15) is 0 Å². The van der Waals surface area contributed by atoms with Gasteiger partial charge in [0.15, 0.2) is 0 Å². The Balaban J connectivity index is 1.91. The predicted octanol–water partition coefficient (Wildman–Crippen LogP) is 3.32. The zero-order valence-corrected chi connectivity index (χ0v) is 14.0. The molecule has 0 saturated carbocycles. The van der Waals surface area contributed by atoms with Crippen molar-refractivity contribution in [3.8, 4) is 11.5 Å². The first kappa shape index (κ1) is 17.6. The number of halogens is 1. The molecule has 0 spiro atoms. The minimum Gasteiger partial charge on any atom is -0.497 e. The first-order valence-electron chi connectivity index (χ1n) is 7.09. The average Bonchev–Trinajstić information content (AvgIpc) is 2.55. The summed E-state index contributed by atoms with van der Waals surface area (Å²) in [5.41, 5.74) is 1.04. The molecule has 2 aromatic carbocycles. The van der Waals surface area contributed by atoms with Crippen LogP contribution in [0, 0.1) is 0 Å². The Morgan fingerprint density at radius 1 is 0.958 bits per heavy atom. The van der Waals surface area contributed by atoms with E-state index in [1.54, 1.807) is 42.5 Å². The Labute approximate surface area is 144 Å². The Bertz CT molecular complexity index is 749. The lowest BCUT2D eigenvalue weighted by Crippen LogP contribution is -2.21. The van der Waals surface area contributed by atoms with Crippen LogP contribution in [0.1, 0.15) is 6.42 Å². The van der Waals surface area contributed by atoms with Gasteiger partial charge < -0.3 is 20.1 Å². The van der Waals surface area contributed by atoms with E-state index in [1.807, 2.05) is 0 Å². The van der Waals surface area contributed by atoms with Crippen LogP contribution in [0.2, 0.25) is 5.02 Å². The Morgan fingerprint density at radius 3 is 2.21 bits per heavy atom. The molecule has 0 aromatic heterocycles. The van der Waals surface area contributed by atoms with Crippen molar-refractivity contribution in [3.05, 3.63) is 47.5 Å². The molecule has 0 aliphatic heterocycles. The molecule has 0 fully saturated rings. The number of methoxy groups -OCH3 is 2. The van der Waals surface area contributed by atoms with Crippen LogP contribution in [0.15, 0.2) is 42.5 Å². The molecule has 2 amide bonds. The van der Waals surface area contributed by atoms with Crippen molar-refractivity contribution < 1.29 is 19.1 Å². The molecule has 0 radical (unpaired) electrons. The highest BCUT2D eigenvalue weighted by Gasteiger charge is 2.11. The van der Waals surface area contributed by atoms with Crippen molar-refractivity contribution in [2.45, 2.75) is 6.42 Å². The lowest BCUT2D eigenvalue weighted by Gasteiger charge is -2.09.